The summed E-state index contributed by atoms with van der Waals surface area (Å²) in [6, 6.07) is 13.2. The third kappa shape index (κ3) is 4.80. The molecule has 4 aliphatic carbocycles. The van der Waals surface area contributed by atoms with E-state index in [1.807, 2.05) is 37.3 Å². The fraction of sp³-hybridized carbons (Fsp3) is 0.552. The highest BCUT2D eigenvalue weighted by Crippen LogP contribution is 2.60. The molecule has 7 nitrogen and oxygen atoms in total. The van der Waals surface area contributed by atoms with Gasteiger partial charge in [-0.15, -0.1) is 0 Å². The number of rotatable bonds is 7. The molecule has 0 spiro atoms. The van der Waals surface area contributed by atoms with Gasteiger partial charge in [-0.05, 0) is 104 Å². The Morgan fingerprint density at radius 1 is 0.973 bits per heavy atom. The van der Waals surface area contributed by atoms with E-state index >= 15 is 0 Å². The number of amides is 1. The smallest absolute Gasteiger partial charge is 0.241 e. The van der Waals surface area contributed by atoms with Gasteiger partial charge < -0.3 is 14.8 Å². The molecule has 1 atom stereocenters. The number of hydrogen-bond acceptors (Lipinski definition) is 5. The Balaban J connectivity index is 1.16. The minimum absolute atomic E-state index is 0.250. The number of fused-ring (bicyclic) bond motifs is 1. The van der Waals surface area contributed by atoms with Gasteiger partial charge >= 0.3 is 0 Å². The Morgan fingerprint density at radius 2 is 1.57 bits per heavy atom. The van der Waals surface area contributed by atoms with Crippen LogP contribution in [0.3, 0.4) is 0 Å². The average Bonchev–Trinajstić information content (AvgIpc) is 2.85. The summed E-state index contributed by atoms with van der Waals surface area (Å²) < 4.78 is 37.8. The lowest BCUT2D eigenvalue weighted by molar-refractivity contribution is -0.120. The molecule has 2 aromatic rings. The molecule has 8 heteroatoms. The number of benzene rings is 2. The van der Waals surface area contributed by atoms with Gasteiger partial charge in [0.25, 0.3) is 0 Å². The third-order valence-electron chi connectivity index (χ3n) is 8.94. The number of hydrogen-bond donors (Lipinski definition) is 1. The van der Waals surface area contributed by atoms with Crippen LogP contribution in [-0.2, 0) is 20.2 Å². The van der Waals surface area contributed by atoms with Crippen molar-refractivity contribution in [2.75, 3.05) is 30.3 Å². The van der Waals surface area contributed by atoms with Crippen LogP contribution in [0.15, 0.2) is 42.5 Å². The van der Waals surface area contributed by atoms with Crippen LogP contribution in [0.4, 0.5) is 5.69 Å². The molecule has 37 heavy (non-hydrogen) atoms. The fourth-order valence-corrected chi connectivity index (χ4v) is 8.53. The van der Waals surface area contributed by atoms with Crippen molar-refractivity contribution >= 4 is 21.6 Å². The van der Waals surface area contributed by atoms with Crippen molar-refractivity contribution in [3.8, 4) is 11.5 Å². The first kappa shape index (κ1) is 24.6. The lowest BCUT2D eigenvalue weighted by Crippen LogP contribution is -2.48. The van der Waals surface area contributed by atoms with Crippen molar-refractivity contribution in [3.05, 3.63) is 53.6 Å². The van der Waals surface area contributed by atoms with Gasteiger partial charge in [-0.2, -0.15) is 0 Å². The minimum Gasteiger partial charge on any atom is -0.486 e. The summed E-state index contributed by atoms with van der Waals surface area (Å²) in [5.41, 5.74) is 2.97. The van der Waals surface area contributed by atoms with Gasteiger partial charge in [0.05, 0.1) is 18.0 Å². The molecular formula is C29H36N2O5S. The highest BCUT2D eigenvalue weighted by molar-refractivity contribution is 7.92. The highest BCUT2D eigenvalue weighted by atomic mass is 32.2. The maximum absolute atomic E-state index is 13.0. The van der Waals surface area contributed by atoms with Gasteiger partial charge in [-0.3, -0.25) is 9.10 Å². The van der Waals surface area contributed by atoms with Gasteiger partial charge in [-0.1, -0.05) is 18.2 Å². The monoisotopic (exact) mass is 524 g/mol. The summed E-state index contributed by atoms with van der Waals surface area (Å²) in [5.74, 6) is 3.52. The molecule has 2 aromatic carbocycles. The first-order chi connectivity index (χ1) is 17.7. The molecule has 0 unspecified atom stereocenters. The van der Waals surface area contributed by atoms with Crippen LogP contribution >= 0.6 is 0 Å². The van der Waals surface area contributed by atoms with Crippen LogP contribution in [0.1, 0.15) is 62.6 Å². The predicted molar refractivity (Wildman–Crippen MR) is 142 cm³/mol. The standard InChI is InChI=1S/C29H36N2O5S/c1-19(23-3-8-26-27(14-23)36-10-9-35-26)30-28(32)18-31(37(2,33)34)25-6-4-24(5-7-25)29-15-20-11-21(16-29)13-22(12-20)17-29/h3-8,14,19-22H,9-13,15-18H2,1-2H3,(H,30,32)/t19-,20?,21?,22?,29?/m1/s1. The molecule has 7 rings (SSSR count). The largest absolute Gasteiger partial charge is 0.486 e. The van der Waals surface area contributed by atoms with E-state index in [0.717, 1.165) is 29.6 Å². The van der Waals surface area contributed by atoms with Gasteiger partial charge in [0.1, 0.15) is 19.8 Å². The lowest BCUT2D eigenvalue weighted by Gasteiger charge is -2.57. The van der Waals surface area contributed by atoms with E-state index in [1.165, 1.54) is 48.4 Å². The van der Waals surface area contributed by atoms with Crippen LogP contribution < -0.4 is 19.1 Å². The summed E-state index contributed by atoms with van der Waals surface area (Å²) in [6.45, 7) is 2.60. The molecule has 198 valence electrons. The Kier molecular flexibility index (Phi) is 6.13. The van der Waals surface area contributed by atoms with Crippen molar-refractivity contribution in [3.63, 3.8) is 0 Å². The van der Waals surface area contributed by atoms with Crippen LogP contribution in [0.25, 0.3) is 0 Å². The van der Waals surface area contributed by atoms with Crippen molar-refractivity contribution in [2.45, 2.75) is 56.9 Å². The molecule has 4 bridgehead atoms. The van der Waals surface area contributed by atoms with Gasteiger partial charge in [0.2, 0.25) is 15.9 Å². The number of nitrogens with one attached hydrogen (secondary N) is 1. The minimum atomic E-state index is -3.65. The molecule has 1 heterocycles. The first-order valence-corrected chi connectivity index (χ1v) is 15.3. The summed E-state index contributed by atoms with van der Waals surface area (Å²) >= 11 is 0. The Bertz CT molecular complexity index is 1250. The van der Waals surface area contributed by atoms with Crippen LogP contribution in [0, 0.1) is 17.8 Å². The molecular weight excluding hydrogens is 488 g/mol. The van der Waals surface area contributed by atoms with E-state index in [4.69, 9.17) is 9.47 Å². The molecule has 0 saturated heterocycles. The number of carbonyl (C=O) groups is 1. The zero-order chi connectivity index (χ0) is 25.8. The van der Waals surface area contributed by atoms with Gasteiger partial charge in [0.15, 0.2) is 11.5 Å². The summed E-state index contributed by atoms with van der Waals surface area (Å²) in [4.78, 5) is 13.0. The van der Waals surface area contributed by atoms with E-state index in [0.29, 0.717) is 30.4 Å². The van der Waals surface area contributed by atoms with Crippen LogP contribution in [0.2, 0.25) is 0 Å². The third-order valence-corrected chi connectivity index (χ3v) is 10.1. The highest BCUT2D eigenvalue weighted by Gasteiger charge is 2.51. The average molecular weight is 525 g/mol. The first-order valence-electron chi connectivity index (χ1n) is 13.5. The van der Waals surface area contributed by atoms with E-state index in [2.05, 4.69) is 17.4 Å². The maximum atomic E-state index is 13.0. The van der Waals surface area contributed by atoms with Gasteiger partial charge in [0, 0.05) is 0 Å². The van der Waals surface area contributed by atoms with E-state index < -0.39 is 10.0 Å². The van der Waals surface area contributed by atoms with E-state index in [1.54, 1.807) is 0 Å². The topological polar surface area (TPSA) is 84.9 Å². The number of nitrogens with zero attached hydrogens (tertiary/aromatic N) is 1. The zero-order valence-electron chi connectivity index (χ0n) is 21.6. The van der Waals surface area contributed by atoms with Crippen molar-refractivity contribution in [1.29, 1.82) is 0 Å². The quantitative estimate of drug-likeness (QED) is 0.574. The SMILES string of the molecule is C[C@@H](NC(=O)CN(c1ccc(C23CC4CC(CC(C4)C2)C3)cc1)S(C)(=O)=O)c1ccc2c(c1)OCCO2. The lowest BCUT2D eigenvalue weighted by atomic mass is 9.48. The molecule has 4 fully saturated rings. The normalized spacial score (nSPS) is 28.5. The number of ether oxygens (including phenoxy) is 2. The number of carbonyl (C=O) groups excluding carboxylic acids is 1. The van der Waals surface area contributed by atoms with E-state index in [-0.39, 0.29) is 23.9 Å². The number of sulfonamides is 1. The zero-order valence-corrected chi connectivity index (χ0v) is 22.4. The predicted octanol–water partition coefficient (Wildman–Crippen LogP) is 4.57. The Hall–Kier alpha value is -2.74. The molecule has 1 N–H and O–H groups in total. The molecule has 1 aliphatic heterocycles. The summed E-state index contributed by atoms with van der Waals surface area (Å²) in [5, 5.41) is 2.93. The molecule has 0 radical (unpaired) electrons. The second kappa shape index (κ2) is 9.22. The van der Waals surface area contributed by atoms with Crippen LogP contribution in [-0.4, -0.2) is 40.3 Å². The van der Waals surface area contributed by atoms with Gasteiger partial charge in [-0.25, -0.2) is 8.42 Å². The molecule has 1 amide bonds. The molecule has 5 aliphatic rings. The number of anilines is 1. The Labute approximate surface area is 219 Å². The van der Waals surface area contributed by atoms with Crippen molar-refractivity contribution < 1.29 is 22.7 Å². The second-order valence-corrected chi connectivity index (χ2v) is 13.6. The van der Waals surface area contributed by atoms with Crippen molar-refractivity contribution in [1.82, 2.24) is 5.32 Å². The van der Waals surface area contributed by atoms with Crippen molar-refractivity contribution in [2.24, 2.45) is 17.8 Å². The molecule has 0 aromatic heterocycles. The fourth-order valence-electron chi connectivity index (χ4n) is 7.68. The van der Waals surface area contributed by atoms with E-state index in [9.17, 15) is 13.2 Å². The Morgan fingerprint density at radius 3 is 2.16 bits per heavy atom. The maximum Gasteiger partial charge on any atom is 0.241 e. The summed E-state index contributed by atoms with van der Waals surface area (Å²) in [6.07, 6.45) is 9.09. The second-order valence-electron chi connectivity index (χ2n) is 11.7. The van der Waals surface area contributed by atoms with Crippen LogP contribution in [0.5, 0.6) is 11.5 Å². The molecule has 4 saturated carbocycles. The summed E-state index contributed by atoms with van der Waals surface area (Å²) in [7, 11) is -3.65.